The Morgan fingerprint density at radius 1 is 1.30 bits per heavy atom. The number of aromatic amines is 1. The third-order valence-electron chi connectivity index (χ3n) is 3.11. The van der Waals surface area contributed by atoms with Crippen molar-refractivity contribution in [2.75, 3.05) is 0 Å². The third kappa shape index (κ3) is 3.06. The second kappa shape index (κ2) is 5.74. The van der Waals surface area contributed by atoms with Crippen LogP contribution in [0.5, 0.6) is 0 Å². The number of aliphatic hydroxyl groups excluding tert-OH is 1. The van der Waals surface area contributed by atoms with Gasteiger partial charge in [-0.1, -0.05) is 6.07 Å². The summed E-state index contributed by atoms with van der Waals surface area (Å²) in [5.41, 5.74) is 2.89. The van der Waals surface area contributed by atoms with Crippen molar-refractivity contribution in [1.29, 1.82) is 0 Å². The molecule has 108 valence electrons. The lowest BCUT2D eigenvalue weighted by Gasteiger charge is -2.12. The first-order valence-electron chi connectivity index (χ1n) is 6.12. The fraction of sp³-hybridized carbons (Fsp3) is 0.308. The molecule has 0 radical (unpaired) electrons. The Labute approximate surface area is 117 Å². The highest BCUT2D eigenvalue weighted by Gasteiger charge is 2.18. The van der Waals surface area contributed by atoms with Crippen LogP contribution in [0.3, 0.4) is 0 Å². The molecule has 0 atom stereocenters. The number of H-pyrrole nitrogens is 1. The van der Waals surface area contributed by atoms with E-state index in [9.17, 15) is 13.5 Å². The van der Waals surface area contributed by atoms with Crippen LogP contribution >= 0.6 is 0 Å². The summed E-state index contributed by atoms with van der Waals surface area (Å²) in [6.45, 7) is 3.56. The average Bonchev–Trinajstić information content (AvgIpc) is 2.89. The van der Waals surface area contributed by atoms with Gasteiger partial charge in [0.25, 0.3) is 0 Å². The summed E-state index contributed by atoms with van der Waals surface area (Å²) < 4.78 is 27.1. The van der Waals surface area contributed by atoms with E-state index in [4.69, 9.17) is 0 Å². The normalized spacial score (nSPS) is 11.8. The zero-order chi connectivity index (χ0) is 14.8. The molecule has 0 fully saturated rings. The van der Waals surface area contributed by atoms with Gasteiger partial charge in [-0.25, -0.2) is 13.1 Å². The molecule has 1 heterocycles. The van der Waals surface area contributed by atoms with Crippen LogP contribution in [0.4, 0.5) is 0 Å². The molecule has 0 bridgehead atoms. The van der Waals surface area contributed by atoms with Gasteiger partial charge < -0.3 is 5.11 Å². The van der Waals surface area contributed by atoms with Crippen LogP contribution in [-0.2, 0) is 23.2 Å². The zero-order valence-electron chi connectivity index (χ0n) is 11.3. The number of nitrogens with zero attached hydrogens (tertiary/aromatic N) is 1. The molecule has 6 nitrogen and oxygen atoms in total. The monoisotopic (exact) mass is 295 g/mol. The van der Waals surface area contributed by atoms with Crippen molar-refractivity contribution in [3.8, 4) is 0 Å². The number of hydrogen-bond donors (Lipinski definition) is 3. The standard InChI is InChI=1S/C13H17N3O3S/c1-9-3-10(2)13(4-12(9)8-17)20(18,19)16-7-11-5-14-15-6-11/h3-6,16-17H,7-8H2,1-2H3,(H,14,15). The van der Waals surface area contributed by atoms with Gasteiger partial charge in [-0.3, -0.25) is 5.10 Å². The summed E-state index contributed by atoms with van der Waals surface area (Å²) in [5, 5.41) is 15.6. The predicted molar refractivity (Wildman–Crippen MR) is 74.5 cm³/mol. The lowest BCUT2D eigenvalue weighted by molar-refractivity contribution is 0.280. The topological polar surface area (TPSA) is 95.1 Å². The van der Waals surface area contributed by atoms with Crippen molar-refractivity contribution < 1.29 is 13.5 Å². The maximum absolute atomic E-state index is 12.3. The largest absolute Gasteiger partial charge is 0.392 e. The van der Waals surface area contributed by atoms with Crippen molar-refractivity contribution >= 4 is 10.0 Å². The van der Waals surface area contributed by atoms with Crippen LogP contribution in [0, 0.1) is 13.8 Å². The Bertz CT molecular complexity index is 694. The lowest BCUT2D eigenvalue weighted by Crippen LogP contribution is -2.24. The number of aromatic nitrogens is 2. The smallest absolute Gasteiger partial charge is 0.241 e. The lowest BCUT2D eigenvalue weighted by atomic mass is 10.1. The molecular formula is C13H17N3O3S. The number of sulfonamides is 1. The Morgan fingerprint density at radius 3 is 2.65 bits per heavy atom. The minimum Gasteiger partial charge on any atom is -0.392 e. The third-order valence-corrected chi connectivity index (χ3v) is 4.66. The molecule has 3 N–H and O–H groups in total. The number of nitrogens with one attached hydrogen (secondary N) is 2. The summed E-state index contributed by atoms with van der Waals surface area (Å²) >= 11 is 0. The van der Waals surface area contributed by atoms with Gasteiger partial charge in [-0.2, -0.15) is 5.10 Å². The highest BCUT2D eigenvalue weighted by molar-refractivity contribution is 7.89. The predicted octanol–water partition coefficient (Wildman–Crippen LogP) is 0.997. The molecule has 0 aliphatic heterocycles. The molecule has 20 heavy (non-hydrogen) atoms. The minimum absolute atomic E-state index is 0.167. The number of aliphatic hydroxyl groups is 1. The molecule has 7 heteroatoms. The van der Waals surface area contributed by atoms with Gasteiger partial charge in [-0.05, 0) is 36.6 Å². The molecule has 0 aliphatic rings. The first-order valence-corrected chi connectivity index (χ1v) is 7.60. The number of hydrogen-bond acceptors (Lipinski definition) is 4. The highest BCUT2D eigenvalue weighted by atomic mass is 32.2. The van der Waals surface area contributed by atoms with Gasteiger partial charge in [0.1, 0.15) is 0 Å². The maximum Gasteiger partial charge on any atom is 0.241 e. The van der Waals surface area contributed by atoms with Gasteiger partial charge in [-0.15, -0.1) is 0 Å². The summed E-state index contributed by atoms with van der Waals surface area (Å²) in [5.74, 6) is 0. The van der Waals surface area contributed by atoms with Crippen molar-refractivity contribution in [3.63, 3.8) is 0 Å². The number of aryl methyl sites for hydroxylation is 2. The van der Waals surface area contributed by atoms with Crippen LogP contribution in [0.2, 0.25) is 0 Å². The maximum atomic E-state index is 12.3. The van der Waals surface area contributed by atoms with Crippen molar-refractivity contribution in [2.45, 2.75) is 31.9 Å². The summed E-state index contributed by atoms with van der Waals surface area (Å²) in [6.07, 6.45) is 3.19. The quantitative estimate of drug-likeness (QED) is 0.767. The van der Waals surface area contributed by atoms with Crippen LogP contribution in [-0.4, -0.2) is 23.7 Å². The molecule has 0 amide bonds. The van der Waals surface area contributed by atoms with Crippen molar-refractivity contribution in [1.82, 2.24) is 14.9 Å². The van der Waals surface area contributed by atoms with Crippen molar-refractivity contribution in [3.05, 3.63) is 46.8 Å². The van der Waals surface area contributed by atoms with E-state index in [1.165, 1.54) is 6.07 Å². The second-order valence-corrected chi connectivity index (χ2v) is 6.37. The second-order valence-electron chi connectivity index (χ2n) is 4.63. The molecular weight excluding hydrogens is 278 g/mol. The Balaban J connectivity index is 2.29. The van der Waals surface area contributed by atoms with Crippen molar-refractivity contribution in [2.24, 2.45) is 0 Å². The molecule has 0 saturated carbocycles. The van der Waals surface area contributed by atoms with Crippen LogP contribution in [0.25, 0.3) is 0 Å². The summed E-state index contributed by atoms with van der Waals surface area (Å²) in [4.78, 5) is 0.190. The molecule has 2 rings (SSSR count). The molecule has 1 aromatic carbocycles. The van der Waals surface area contributed by atoms with E-state index < -0.39 is 10.0 Å². The van der Waals surface area contributed by atoms with E-state index in [-0.39, 0.29) is 18.0 Å². The van der Waals surface area contributed by atoms with Crippen LogP contribution in [0.15, 0.2) is 29.4 Å². The SMILES string of the molecule is Cc1cc(C)c(S(=O)(=O)NCc2cn[nH]c2)cc1CO. The molecule has 0 unspecified atom stereocenters. The highest BCUT2D eigenvalue weighted by Crippen LogP contribution is 2.20. The molecule has 0 saturated heterocycles. The van der Waals surface area contributed by atoms with Gasteiger partial charge >= 0.3 is 0 Å². The fourth-order valence-corrected chi connectivity index (χ4v) is 3.26. The van der Waals surface area contributed by atoms with Crippen LogP contribution < -0.4 is 4.72 Å². The number of benzene rings is 1. The first kappa shape index (κ1) is 14.7. The Kier molecular flexibility index (Phi) is 4.22. The zero-order valence-corrected chi connectivity index (χ0v) is 12.2. The van der Waals surface area contributed by atoms with E-state index in [0.717, 1.165) is 11.1 Å². The van der Waals surface area contributed by atoms with E-state index in [2.05, 4.69) is 14.9 Å². The molecule has 2 aromatic rings. The van der Waals surface area contributed by atoms with Gasteiger partial charge in [0.05, 0.1) is 17.7 Å². The van der Waals surface area contributed by atoms with Crippen LogP contribution in [0.1, 0.15) is 22.3 Å². The van der Waals surface area contributed by atoms with Gasteiger partial charge in [0.15, 0.2) is 0 Å². The van der Waals surface area contributed by atoms with E-state index >= 15 is 0 Å². The number of rotatable bonds is 5. The van der Waals surface area contributed by atoms with E-state index in [0.29, 0.717) is 11.1 Å². The average molecular weight is 295 g/mol. The fourth-order valence-electron chi connectivity index (χ4n) is 1.96. The molecule has 1 aromatic heterocycles. The van der Waals surface area contributed by atoms with Gasteiger partial charge in [0, 0.05) is 18.3 Å². The minimum atomic E-state index is -3.62. The molecule has 0 spiro atoms. The molecule has 0 aliphatic carbocycles. The van der Waals surface area contributed by atoms with E-state index in [1.54, 1.807) is 25.4 Å². The van der Waals surface area contributed by atoms with Gasteiger partial charge in [0.2, 0.25) is 10.0 Å². The Hall–Kier alpha value is -1.70. The summed E-state index contributed by atoms with van der Waals surface area (Å²) in [7, 11) is -3.62. The van der Waals surface area contributed by atoms with E-state index in [1.807, 2.05) is 6.92 Å². The summed E-state index contributed by atoms with van der Waals surface area (Å²) in [6, 6.07) is 3.28. The Morgan fingerprint density at radius 2 is 2.05 bits per heavy atom. The first-order chi connectivity index (χ1) is 9.44.